The van der Waals surface area contributed by atoms with Gasteiger partial charge in [-0.2, -0.15) is 0 Å². The Labute approximate surface area is 233 Å². The van der Waals surface area contributed by atoms with Gasteiger partial charge in [0.25, 0.3) is 11.7 Å². The number of rotatable bonds is 9. The zero-order chi connectivity index (χ0) is 28.1. The molecular formula is C31H32N2O7. The number of hydrogen-bond acceptors (Lipinski definition) is 8. The van der Waals surface area contributed by atoms with Gasteiger partial charge >= 0.3 is 0 Å². The fourth-order valence-electron chi connectivity index (χ4n) is 5.04. The van der Waals surface area contributed by atoms with E-state index >= 15 is 0 Å². The van der Waals surface area contributed by atoms with Crippen molar-refractivity contribution in [2.45, 2.75) is 6.04 Å². The van der Waals surface area contributed by atoms with Crippen molar-refractivity contribution in [2.24, 2.45) is 0 Å². The van der Waals surface area contributed by atoms with Crippen LogP contribution < -0.4 is 14.2 Å². The molecule has 40 heavy (non-hydrogen) atoms. The van der Waals surface area contributed by atoms with Crippen molar-refractivity contribution >= 4 is 17.4 Å². The highest BCUT2D eigenvalue weighted by Gasteiger charge is 2.46. The largest absolute Gasteiger partial charge is 0.507 e. The molecule has 0 aliphatic carbocycles. The van der Waals surface area contributed by atoms with E-state index < -0.39 is 17.7 Å². The van der Waals surface area contributed by atoms with Gasteiger partial charge in [-0.1, -0.05) is 30.3 Å². The third-order valence-corrected chi connectivity index (χ3v) is 7.11. The maximum atomic E-state index is 13.5. The molecule has 0 bridgehead atoms. The molecule has 3 aromatic carbocycles. The monoisotopic (exact) mass is 544 g/mol. The molecule has 2 aliphatic heterocycles. The number of hydrogen-bond donors (Lipinski definition) is 1. The van der Waals surface area contributed by atoms with Crippen molar-refractivity contribution in [3.05, 3.63) is 89.5 Å². The number of benzene rings is 3. The number of ether oxygens (including phenoxy) is 4. The van der Waals surface area contributed by atoms with Crippen molar-refractivity contribution in [1.82, 2.24) is 9.80 Å². The van der Waals surface area contributed by atoms with E-state index in [1.165, 1.54) is 19.1 Å². The van der Waals surface area contributed by atoms with Gasteiger partial charge in [-0.05, 0) is 48.0 Å². The minimum atomic E-state index is -0.812. The summed E-state index contributed by atoms with van der Waals surface area (Å²) in [6, 6.07) is 20.6. The molecule has 1 N–H and O–H groups in total. The summed E-state index contributed by atoms with van der Waals surface area (Å²) in [6.07, 6.45) is 0. The normalized spacial score (nSPS) is 19.1. The van der Waals surface area contributed by atoms with Crippen LogP contribution in [-0.4, -0.2) is 80.2 Å². The van der Waals surface area contributed by atoms with E-state index in [2.05, 4.69) is 4.90 Å². The second-order valence-electron chi connectivity index (χ2n) is 9.50. The average Bonchev–Trinajstić information content (AvgIpc) is 3.25. The highest BCUT2D eigenvalue weighted by atomic mass is 16.5. The maximum Gasteiger partial charge on any atom is 0.295 e. The van der Waals surface area contributed by atoms with Gasteiger partial charge in [-0.3, -0.25) is 14.5 Å². The summed E-state index contributed by atoms with van der Waals surface area (Å²) in [4.78, 5) is 30.6. The van der Waals surface area contributed by atoms with Gasteiger partial charge in [-0.25, -0.2) is 0 Å². The predicted octanol–water partition coefficient (Wildman–Crippen LogP) is 4.25. The number of ketones is 1. The topological polar surface area (TPSA) is 97.8 Å². The molecule has 2 heterocycles. The summed E-state index contributed by atoms with van der Waals surface area (Å²) in [7, 11) is 3.01. The molecule has 9 nitrogen and oxygen atoms in total. The molecule has 1 amide bonds. The van der Waals surface area contributed by atoms with Crippen molar-refractivity contribution in [3.8, 4) is 23.0 Å². The summed E-state index contributed by atoms with van der Waals surface area (Å²) < 4.78 is 22.2. The molecule has 208 valence electrons. The molecule has 2 aliphatic rings. The molecule has 0 spiro atoms. The van der Waals surface area contributed by atoms with E-state index in [1.807, 2.05) is 48.5 Å². The van der Waals surface area contributed by atoms with Crippen molar-refractivity contribution < 1.29 is 33.6 Å². The zero-order valence-electron chi connectivity index (χ0n) is 22.5. The Bertz CT molecular complexity index is 1400. The second-order valence-corrected chi connectivity index (χ2v) is 9.50. The number of aliphatic hydroxyl groups is 1. The van der Waals surface area contributed by atoms with Crippen LogP contribution in [0.3, 0.4) is 0 Å². The molecule has 1 unspecified atom stereocenters. The molecular weight excluding hydrogens is 512 g/mol. The quantitative estimate of drug-likeness (QED) is 0.243. The lowest BCUT2D eigenvalue weighted by atomic mass is 9.95. The van der Waals surface area contributed by atoms with E-state index in [9.17, 15) is 14.7 Å². The van der Waals surface area contributed by atoms with Crippen molar-refractivity contribution in [2.75, 3.05) is 53.6 Å². The molecule has 0 radical (unpaired) electrons. The van der Waals surface area contributed by atoms with E-state index in [0.717, 1.165) is 13.1 Å². The summed E-state index contributed by atoms with van der Waals surface area (Å²) in [5, 5.41) is 11.5. The molecule has 2 fully saturated rings. The lowest BCUT2D eigenvalue weighted by Crippen LogP contribution is -2.42. The van der Waals surface area contributed by atoms with E-state index in [-0.39, 0.29) is 11.3 Å². The Hall–Kier alpha value is -4.34. The van der Waals surface area contributed by atoms with Gasteiger partial charge in [0.05, 0.1) is 39.0 Å². The lowest BCUT2D eigenvalue weighted by molar-refractivity contribution is -0.140. The number of nitrogens with zero attached hydrogens (tertiary/aromatic N) is 2. The number of morpholine rings is 1. The number of methoxy groups -OCH3 is 2. The van der Waals surface area contributed by atoms with Crippen LogP contribution in [0.2, 0.25) is 0 Å². The van der Waals surface area contributed by atoms with Crippen LogP contribution in [0.1, 0.15) is 17.2 Å². The minimum absolute atomic E-state index is 0.0102. The Morgan fingerprint density at radius 2 is 1.60 bits per heavy atom. The third-order valence-electron chi connectivity index (χ3n) is 7.11. The molecule has 0 saturated carbocycles. The first-order valence-electron chi connectivity index (χ1n) is 13.1. The van der Waals surface area contributed by atoms with Crippen LogP contribution >= 0.6 is 0 Å². The van der Waals surface area contributed by atoms with Crippen molar-refractivity contribution in [3.63, 3.8) is 0 Å². The number of carbonyl (C=O) groups is 2. The molecule has 3 aromatic rings. The second kappa shape index (κ2) is 12.2. The first-order valence-corrected chi connectivity index (χ1v) is 13.1. The van der Waals surface area contributed by atoms with E-state index in [1.54, 1.807) is 24.3 Å². The number of Topliss-reactive ketones (excluding diaryl/α,β-unsaturated/α-hetero) is 1. The van der Waals surface area contributed by atoms with Crippen LogP contribution in [-0.2, 0) is 14.3 Å². The summed E-state index contributed by atoms with van der Waals surface area (Å²) >= 11 is 0. The number of para-hydroxylation sites is 1. The fraction of sp³-hybridized carbons (Fsp3) is 0.290. The van der Waals surface area contributed by atoms with Crippen LogP contribution in [0.15, 0.2) is 78.4 Å². The number of likely N-dealkylation sites (tertiary alicyclic amines) is 1. The predicted molar refractivity (Wildman–Crippen MR) is 149 cm³/mol. The Balaban J connectivity index is 1.55. The lowest BCUT2D eigenvalue weighted by Gasteiger charge is -2.31. The smallest absolute Gasteiger partial charge is 0.295 e. The van der Waals surface area contributed by atoms with E-state index in [0.29, 0.717) is 60.4 Å². The molecule has 0 aromatic heterocycles. The number of amides is 1. The fourth-order valence-corrected chi connectivity index (χ4v) is 5.04. The minimum Gasteiger partial charge on any atom is -0.507 e. The summed E-state index contributed by atoms with van der Waals surface area (Å²) in [5.74, 6) is 0.394. The van der Waals surface area contributed by atoms with Crippen LogP contribution in [0.25, 0.3) is 5.76 Å². The van der Waals surface area contributed by atoms with Gasteiger partial charge < -0.3 is 29.0 Å². The highest BCUT2D eigenvalue weighted by Crippen LogP contribution is 2.41. The van der Waals surface area contributed by atoms with Gasteiger partial charge in [0.2, 0.25) is 0 Å². The van der Waals surface area contributed by atoms with Gasteiger partial charge in [-0.15, -0.1) is 0 Å². The first kappa shape index (κ1) is 27.2. The van der Waals surface area contributed by atoms with Crippen LogP contribution in [0, 0.1) is 0 Å². The standard InChI is InChI=1S/C31H32N2O7/c1-37-25-12-11-22(20-26(25)38-2)29(34)27-28(21-7-6-10-24(19-21)40-23-8-4-3-5-9-23)33(31(36)30(27)35)14-13-32-15-17-39-18-16-32/h3-12,19-20,28,34H,13-18H2,1-2H3. The molecule has 9 heteroatoms. The molecule has 1 atom stereocenters. The zero-order valence-corrected chi connectivity index (χ0v) is 22.5. The van der Waals surface area contributed by atoms with Crippen molar-refractivity contribution in [1.29, 1.82) is 0 Å². The number of aliphatic hydroxyl groups excluding tert-OH is 1. The van der Waals surface area contributed by atoms with Gasteiger partial charge in [0.15, 0.2) is 11.5 Å². The maximum absolute atomic E-state index is 13.5. The summed E-state index contributed by atoms with van der Waals surface area (Å²) in [5.41, 5.74) is 0.998. The molecule has 5 rings (SSSR count). The Kier molecular flexibility index (Phi) is 8.33. The molecule has 2 saturated heterocycles. The Morgan fingerprint density at radius 1 is 0.875 bits per heavy atom. The van der Waals surface area contributed by atoms with E-state index in [4.69, 9.17) is 18.9 Å². The number of carbonyl (C=O) groups excluding carboxylic acids is 2. The third kappa shape index (κ3) is 5.66. The summed E-state index contributed by atoms with van der Waals surface area (Å²) in [6.45, 7) is 3.63. The first-order chi connectivity index (χ1) is 19.5. The Morgan fingerprint density at radius 3 is 2.33 bits per heavy atom. The van der Waals surface area contributed by atoms with Gasteiger partial charge in [0.1, 0.15) is 17.3 Å². The van der Waals surface area contributed by atoms with Crippen LogP contribution in [0.4, 0.5) is 0 Å². The average molecular weight is 545 g/mol. The highest BCUT2D eigenvalue weighted by molar-refractivity contribution is 6.46. The SMILES string of the molecule is COc1ccc(C(O)=C2C(=O)C(=O)N(CCN3CCOCC3)C2c2cccc(Oc3ccccc3)c2)cc1OC. The van der Waals surface area contributed by atoms with Gasteiger partial charge in [0, 0.05) is 31.7 Å². The van der Waals surface area contributed by atoms with Crippen LogP contribution in [0.5, 0.6) is 23.0 Å².